The second-order valence-electron chi connectivity index (χ2n) is 5.08. The molecule has 0 atom stereocenters. The lowest BCUT2D eigenvalue weighted by atomic mass is 10.1. The molecule has 6 heteroatoms. The first-order valence-electron chi connectivity index (χ1n) is 7.14. The number of phenols is 1. The standard InChI is InChI=1S/C18H14O5S/c1-24-14-5-2-11(3-6-14)18(21)22-10-12-8-17(20)23-16-9-13(19)4-7-15(12)16/h2-9,19H,10H2,1H3. The van der Waals surface area contributed by atoms with Crippen molar-refractivity contribution in [3.05, 3.63) is 70.1 Å². The Morgan fingerprint density at radius 1 is 1.17 bits per heavy atom. The van der Waals surface area contributed by atoms with Gasteiger partial charge in [0.15, 0.2) is 0 Å². The molecular weight excluding hydrogens is 328 g/mol. The fraction of sp³-hybridized carbons (Fsp3) is 0.111. The molecule has 0 saturated carbocycles. The summed E-state index contributed by atoms with van der Waals surface area (Å²) >= 11 is 1.59. The zero-order valence-corrected chi connectivity index (χ0v) is 13.6. The molecule has 0 saturated heterocycles. The average molecular weight is 342 g/mol. The van der Waals surface area contributed by atoms with Crippen LogP contribution in [-0.2, 0) is 11.3 Å². The van der Waals surface area contributed by atoms with E-state index in [1.807, 2.05) is 18.4 Å². The lowest BCUT2D eigenvalue weighted by Crippen LogP contribution is -2.07. The summed E-state index contributed by atoms with van der Waals surface area (Å²) in [6.45, 7) is -0.0595. The number of fused-ring (bicyclic) bond motifs is 1. The fourth-order valence-electron chi connectivity index (χ4n) is 2.29. The third-order valence-electron chi connectivity index (χ3n) is 3.50. The lowest BCUT2D eigenvalue weighted by molar-refractivity contribution is 0.0473. The minimum absolute atomic E-state index is 0.00585. The summed E-state index contributed by atoms with van der Waals surface area (Å²) in [6.07, 6.45) is 1.96. The molecule has 5 nitrogen and oxygen atoms in total. The number of esters is 1. The summed E-state index contributed by atoms with van der Waals surface area (Å²) in [5.74, 6) is -0.475. The van der Waals surface area contributed by atoms with Gasteiger partial charge in [0.2, 0.25) is 0 Å². The molecule has 122 valence electrons. The van der Waals surface area contributed by atoms with Gasteiger partial charge in [0.25, 0.3) is 0 Å². The number of carbonyl (C=O) groups excluding carboxylic acids is 1. The molecule has 1 heterocycles. The molecule has 0 fully saturated rings. The number of aromatic hydroxyl groups is 1. The van der Waals surface area contributed by atoms with Gasteiger partial charge in [-0.3, -0.25) is 0 Å². The van der Waals surface area contributed by atoms with Gasteiger partial charge in [-0.15, -0.1) is 11.8 Å². The van der Waals surface area contributed by atoms with Crippen molar-refractivity contribution in [1.82, 2.24) is 0 Å². The van der Waals surface area contributed by atoms with E-state index in [1.54, 1.807) is 30.0 Å². The Balaban J connectivity index is 1.82. The smallest absolute Gasteiger partial charge is 0.338 e. The van der Waals surface area contributed by atoms with Crippen molar-refractivity contribution in [1.29, 1.82) is 0 Å². The lowest BCUT2D eigenvalue weighted by Gasteiger charge is -2.08. The first-order valence-corrected chi connectivity index (χ1v) is 8.36. The topological polar surface area (TPSA) is 76.7 Å². The van der Waals surface area contributed by atoms with E-state index in [9.17, 15) is 14.7 Å². The van der Waals surface area contributed by atoms with Crippen LogP contribution in [-0.4, -0.2) is 17.3 Å². The van der Waals surface area contributed by atoms with Gasteiger partial charge >= 0.3 is 11.6 Å². The van der Waals surface area contributed by atoms with Crippen molar-refractivity contribution in [2.75, 3.05) is 6.26 Å². The first-order chi connectivity index (χ1) is 11.6. The summed E-state index contributed by atoms with van der Waals surface area (Å²) in [7, 11) is 0. The van der Waals surface area contributed by atoms with E-state index in [-0.39, 0.29) is 17.9 Å². The van der Waals surface area contributed by atoms with Crippen LogP contribution < -0.4 is 5.63 Å². The van der Waals surface area contributed by atoms with Crippen LogP contribution in [0.15, 0.2) is 62.6 Å². The van der Waals surface area contributed by atoms with Crippen molar-refractivity contribution in [2.24, 2.45) is 0 Å². The van der Waals surface area contributed by atoms with E-state index in [2.05, 4.69) is 0 Å². The van der Waals surface area contributed by atoms with E-state index in [1.165, 1.54) is 18.2 Å². The average Bonchev–Trinajstić information content (AvgIpc) is 2.59. The summed E-state index contributed by atoms with van der Waals surface area (Å²) < 4.78 is 10.3. The molecule has 3 aromatic rings. The number of thioether (sulfide) groups is 1. The Labute approximate surface area is 141 Å². The molecule has 2 aromatic carbocycles. The third-order valence-corrected chi connectivity index (χ3v) is 4.24. The van der Waals surface area contributed by atoms with Crippen molar-refractivity contribution in [3.8, 4) is 5.75 Å². The predicted molar refractivity (Wildman–Crippen MR) is 91.5 cm³/mol. The quantitative estimate of drug-likeness (QED) is 0.444. The molecule has 0 aliphatic rings. The van der Waals surface area contributed by atoms with Gasteiger partial charge in [-0.25, -0.2) is 9.59 Å². The maximum Gasteiger partial charge on any atom is 0.338 e. The highest BCUT2D eigenvalue weighted by Gasteiger charge is 2.11. The SMILES string of the molecule is CSc1ccc(C(=O)OCc2cc(=O)oc3cc(O)ccc23)cc1. The van der Waals surface area contributed by atoms with Crippen LogP contribution in [0.4, 0.5) is 0 Å². The second-order valence-corrected chi connectivity index (χ2v) is 5.96. The Kier molecular flexibility index (Phi) is 4.57. The van der Waals surface area contributed by atoms with Crippen molar-refractivity contribution < 1.29 is 19.1 Å². The molecule has 24 heavy (non-hydrogen) atoms. The molecule has 3 rings (SSSR count). The summed E-state index contributed by atoms with van der Waals surface area (Å²) in [4.78, 5) is 24.8. The number of carbonyl (C=O) groups is 1. The van der Waals surface area contributed by atoms with Gasteiger partial charge in [0.05, 0.1) is 5.56 Å². The largest absolute Gasteiger partial charge is 0.508 e. The predicted octanol–water partition coefficient (Wildman–Crippen LogP) is 3.58. The van der Waals surface area contributed by atoms with Crippen molar-refractivity contribution in [2.45, 2.75) is 11.5 Å². The van der Waals surface area contributed by atoms with E-state index in [0.29, 0.717) is 16.5 Å². The molecular formula is C18H14O5S. The first kappa shape index (κ1) is 16.1. The summed E-state index contributed by atoms with van der Waals surface area (Å²) in [5, 5.41) is 10.1. The van der Waals surface area contributed by atoms with Gasteiger partial charge in [-0.1, -0.05) is 0 Å². The molecule has 0 aliphatic heterocycles. The maximum absolute atomic E-state index is 12.1. The maximum atomic E-state index is 12.1. The number of phenolic OH excluding ortho intramolecular Hbond substituents is 1. The second kappa shape index (κ2) is 6.80. The van der Waals surface area contributed by atoms with Crippen LogP contribution in [0.5, 0.6) is 5.75 Å². The summed E-state index contributed by atoms with van der Waals surface area (Å²) in [6, 6.07) is 12.8. The molecule has 0 spiro atoms. The molecule has 0 radical (unpaired) electrons. The van der Waals surface area contributed by atoms with Gasteiger partial charge in [-0.2, -0.15) is 0 Å². The van der Waals surface area contributed by atoms with E-state index < -0.39 is 11.6 Å². The number of hydrogen-bond acceptors (Lipinski definition) is 6. The van der Waals surface area contributed by atoms with Gasteiger partial charge in [0, 0.05) is 28.0 Å². The van der Waals surface area contributed by atoms with E-state index in [4.69, 9.17) is 9.15 Å². The summed E-state index contributed by atoms with van der Waals surface area (Å²) in [5.41, 5.74) is 0.648. The monoisotopic (exact) mass is 342 g/mol. The Bertz CT molecular complexity index is 944. The van der Waals surface area contributed by atoms with Crippen LogP contribution in [0.3, 0.4) is 0 Å². The van der Waals surface area contributed by atoms with E-state index in [0.717, 1.165) is 4.90 Å². The molecule has 1 aromatic heterocycles. The molecule has 0 aliphatic carbocycles. The zero-order valence-electron chi connectivity index (χ0n) is 12.8. The van der Waals surface area contributed by atoms with Gasteiger partial charge in [-0.05, 0) is 42.7 Å². The van der Waals surface area contributed by atoms with E-state index >= 15 is 0 Å². The Morgan fingerprint density at radius 2 is 1.92 bits per heavy atom. The molecule has 0 bridgehead atoms. The number of benzene rings is 2. The minimum Gasteiger partial charge on any atom is -0.508 e. The molecule has 0 amide bonds. The van der Waals surface area contributed by atoms with Crippen LogP contribution in [0, 0.1) is 0 Å². The molecule has 0 unspecified atom stereocenters. The van der Waals surface area contributed by atoms with Crippen LogP contribution in [0.25, 0.3) is 11.0 Å². The highest BCUT2D eigenvalue weighted by atomic mass is 32.2. The fourth-order valence-corrected chi connectivity index (χ4v) is 2.70. The Morgan fingerprint density at radius 3 is 2.62 bits per heavy atom. The van der Waals surface area contributed by atoms with Crippen LogP contribution in [0.2, 0.25) is 0 Å². The zero-order chi connectivity index (χ0) is 17.1. The number of hydrogen-bond donors (Lipinski definition) is 1. The number of rotatable bonds is 4. The normalized spacial score (nSPS) is 10.7. The highest BCUT2D eigenvalue weighted by Crippen LogP contribution is 2.22. The van der Waals surface area contributed by atoms with Gasteiger partial charge in [0.1, 0.15) is 17.9 Å². The third kappa shape index (κ3) is 3.44. The van der Waals surface area contributed by atoms with Gasteiger partial charge < -0.3 is 14.3 Å². The highest BCUT2D eigenvalue weighted by molar-refractivity contribution is 7.98. The Hall–Kier alpha value is -2.73. The van der Waals surface area contributed by atoms with Crippen LogP contribution >= 0.6 is 11.8 Å². The van der Waals surface area contributed by atoms with Crippen molar-refractivity contribution in [3.63, 3.8) is 0 Å². The number of ether oxygens (including phenoxy) is 1. The van der Waals surface area contributed by atoms with Crippen molar-refractivity contribution >= 4 is 28.7 Å². The molecule has 1 N–H and O–H groups in total. The minimum atomic E-state index is -0.566. The van der Waals surface area contributed by atoms with Crippen LogP contribution in [0.1, 0.15) is 15.9 Å².